The first-order chi connectivity index (χ1) is 7.10. The normalized spacial score (nSPS) is 11.7. The van der Waals surface area contributed by atoms with Crippen LogP contribution in [-0.2, 0) is 11.8 Å². The van der Waals surface area contributed by atoms with E-state index in [1.807, 2.05) is 0 Å². The third kappa shape index (κ3) is 3.64. The van der Waals surface area contributed by atoms with Gasteiger partial charge in [-0.25, -0.2) is 0 Å². The van der Waals surface area contributed by atoms with Crippen LogP contribution >= 0.6 is 15.9 Å². The number of rotatable bonds is 5. The molecule has 0 N–H and O–H groups in total. The summed E-state index contributed by atoms with van der Waals surface area (Å²) in [6.45, 7) is 6.84. The third-order valence-electron chi connectivity index (χ3n) is 2.99. The first kappa shape index (κ1) is 12.8. The van der Waals surface area contributed by atoms with Crippen molar-refractivity contribution in [1.82, 2.24) is 0 Å². The molecule has 0 aliphatic rings. The summed E-state index contributed by atoms with van der Waals surface area (Å²) in [5.74, 6) is 0. The van der Waals surface area contributed by atoms with E-state index < -0.39 is 0 Å². The van der Waals surface area contributed by atoms with E-state index in [9.17, 15) is 0 Å². The molecule has 0 amide bonds. The van der Waals surface area contributed by atoms with Crippen LogP contribution in [0.15, 0.2) is 24.3 Å². The minimum absolute atomic E-state index is 0.286. The summed E-state index contributed by atoms with van der Waals surface area (Å²) in [5.41, 5.74) is 3.19. The van der Waals surface area contributed by atoms with Crippen LogP contribution in [0.2, 0.25) is 0 Å². The molecule has 0 aliphatic heterocycles. The molecular formula is C14H21Br. The van der Waals surface area contributed by atoms with Crippen molar-refractivity contribution < 1.29 is 0 Å². The van der Waals surface area contributed by atoms with Crippen LogP contribution in [-0.4, -0.2) is 5.33 Å². The molecule has 0 fully saturated rings. The summed E-state index contributed by atoms with van der Waals surface area (Å²) in [6.07, 6.45) is 3.60. The molecule has 0 aliphatic carbocycles. The largest absolute Gasteiger partial charge is 0.0928 e. The van der Waals surface area contributed by atoms with Gasteiger partial charge in [0.05, 0.1) is 0 Å². The second kappa shape index (κ2) is 5.69. The third-order valence-corrected chi connectivity index (χ3v) is 3.39. The molecule has 0 nitrogen and oxygen atoms in total. The van der Waals surface area contributed by atoms with E-state index in [1.165, 1.54) is 30.4 Å². The van der Waals surface area contributed by atoms with Crippen molar-refractivity contribution in [2.75, 3.05) is 5.33 Å². The van der Waals surface area contributed by atoms with Crippen molar-refractivity contribution in [3.8, 4) is 0 Å². The number of alkyl halides is 1. The van der Waals surface area contributed by atoms with Crippen LogP contribution in [0.4, 0.5) is 0 Å². The fraction of sp³-hybridized carbons (Fsp3) is 0.571. The molecule has 0 saturated carbocycles. The van der Waals surface area contributed by atoms with Crippen LogP contribution in [0.5, 0.6) is 0 Å². The van der Waals surface area contributed by atoms with Gasteiger partial charge in [0.1, 0.15) is 0 Å². The second-order valence-corrected chi connectivity index (χ2v) is 5.56. The average molecular weight is 269 g/mol. The van der Waals surface area contributed by atoms with Gasteiger partial charge in [0.25, 0.3) is 0 Å². The lowest BCUT2D eigenvalue weighted by Crippen LogP contribution is -2.17. The van der Waals surface area contributed by atoms with Crippen molar-refractivity contribution in [1.29, 1.82) is 0 Å². The fourth-order valence-electron chi connectivity index (χ4n) is 1.79. The molecule has 1 aromatic rings. The second-order valence-electron chi connectivity index (χ2n) is 4.77. The maximum absolute atomic E-state index is 3.52. The fourth-order valence-corrected chi connectivity index (χ4v) is 2.78. The summed E-state index contributed by atoms with van der Waals surface area (Å²) in [4.78, 5) is 0. The van der Waals surface area contributed by atoms with E-state index in [2.05, 4.69) is 61.0 Å². The van der Waals surface area contributed by atoms with Gasteiger partial charge in [-0.1, -0.05) is 67.4 Å². The van der Waals surface area contributed by atoms with E-state index in [0.717, 1.165) is 5.33 Å². The van der Waals surface area contributed by atoms with Gasteiger partial charge in [-0.2, -0.15) is 0 Å². The molecular weight excluding hydrogens is 248 g/mol. The lowest BCUT2D eigenvalue weighted by atomic mass is 9.82. The molecule has 1 heteroatoms. The zero-order valence-electron chi connectivity index (χ0n) is 10.0. The lowest BCUT2D eigenvalue weighted by Gasteiger charge is -2.24. The highest BCUT2D eigenvalue weighted by molar-refractivity contribution is 9.09. The lowest BCUT2D eigenvalue weighted by molar-refractivity contribution is 0.512. The topological polar surface area (TPSA) is 0 Å². The predicted octanol–water partition coefficient (Wildman–Crippen LogP) is 4.70. The monoisotopic (exact) mass is 268 g/mol. The minimum Gasteiger partial charge on any atom is -0.0928 e. The first-order valence-corrected chi connectivity index (χ1v) is 6.87. The Kier molecular flexibility index (Phi) is 4.85. The van der Waals surface area contributed by atoms with Gasteiger partial charge < -0.3 is 0 Å². The first-order valence-electron chi connectivity index (χ1n) is 5.75. The average Bonchev–Trinajstić information content (AvgIpc) is 2.19. The zero-order valence-corrected chi connectivity index (χ0v) is 11.6. The molecule has 0 atom stereocenters. The quantitative estimate of drug-likeness (QED) is 0.679. The number of hydrogen-bond donors (Lipinski definition) is 0. The number of aryl methyl sites for hydroxylation is 1. The van der Waals surface area contributed by atoms with Crippen molar-refractivity contribution >= 4 is 15.9 Å². The highest BCUT2D eigenvalue weighted by Gasteiger charge is 2.19. The van der Waals surface area contributed by atoms with Gasteiger partial charge >= 0.3 is 0 Å². The highest BCUT2D eigenvalue weighted by atomic mass is 79.9. The van der Waals surface area contributed by atoms with Crippen molar-refractivity contribution in [2.45, 2.75) is 45.4 Å². The summed E-state index contributed by atoms with van der Waals surface area (Å²) >= 11 is 3.52. The van der Waals surface area contributed by atoms with Crippen LogP contribution in [0, 0.1) is 0 Å². The summed E-state index contributed by atoms with van der Waals surface area (Å²) in [7, 11) is 0. The van der Waals surface area contributed by atoms with E-state index in [1.54, 1.807) is 0 Å². The molecule has 0 radical (unpaired) electrons. The molecule has 0 spiro atoms. The van der Waals surface area contributed by atoms with E-state index >= 15 is 0 Å². The Morgan fingerprint density at radius 2 is 1.73 bits per heavy atom. The molecule has 0 heterocycles. The number of benzene rings is 1. The summed E-state index contributed by atoms with van der Waals surface area (Å²) < 4.78 is 0. The van der Waals surface area contributed by atoms with Crippen LogP contribution in [0.1, 0.15) is 44.7 Å². The molecule has 15 heavy (non-hydrogen) atoms. The van der Waals surface area contributed by atoms with Crippen molar-refractivity contribution in [2.24, 2.45) is 0 Å². The van der Waals surface area contributed by atoms with Crippen LogP contribution in [0.25, 0.3) is 0 Å². The molecule has 1 aromatic carbocycles. The predicted molar refractivity (Wildman–Crippen MR) is 71.9 cm³/mol. The molecule has 0 unspecified atom stereocenters. The highest BCUT2D eigenvalue weighted by Crippen LogP contribution is 2.27. The standard InChI is InChI=1S/C14H21Br/c1-4-5-12-6-8-13(9-7-12)14(2,3)10-11-15/h6-9H,4-5,10-11H2,1-3H3. The Hall–Kier alpha value is -0.300. The smallest absolute Gasteiger partial charge is 0.00395 e. The molecule has 0 aromatic heterocycles. The van der Waals surface area contributed by atoms with Gasteiger partial charge in [-0.3, -0.25) is 0 Å². The Morgan fingerprint density at radius 1 is 1.13 bits per heavy atom. The Bertz CT molecular complexity index is 285. The van der Waals surface area contributed by atoms with E-state index in [4.69, 9.17) is 0 Å². The maximum Gasteiger partial charge on any atom is 0.00395 e. The molecule has 84 valence electrons. The van der Waals surface area contributed by atoms with Gasteiger partial charge in [0.2, 0.25) is 0 Å². The molecule has 1 rings (SSSR count). The van der Waals surface area contributed by atoms with Crippen LogP contribution in [0.3, 0.4) is 0 Å². The van der Waals surface area contributed by atoms with E-state index in [-0.39, 0.29) is 5.41 Å². The van der Waals surface area contributed by atoms with Crippen LogP contribution < -0.4 is 0 Å². The van der Waals surface area contributed by atoms with E-state index in [0.29, 0.717) is 0 Å². The van der Waals surface area contributed by atoms with Crippen molar-refractivity contribution in [3.63, 3.8) is 0 Å². The Labute approximate surface area is 102 Å². The SMILES string of the molecule is CCCc1ccc(C(C)(C)CCBr)cc1. The van der Waals surface area contributed by atoms with Gasteiger partial charge in [-0.05, 0) is 29.4 Å². The Balaban J connectivity index is 2.78. The van der Waals surface area contributed by atoms with Gasteiger partial charge in [-0.15, -0.1) is 0 Å². The summed E-state index contributed by atoms with van der Waals surface area (Å²) in [6, 6.07) is 9.12. The van der Waals surface area contributed by atoms with Crippen molar-refractivity contribution in [3.05, 3.63) is 35.4 Å². The maximum atomic E-state index is 3.52. The Morgan fingerprint density at radius 3 is 2.20 bits per heavy atom. The molecule has 0 saturated heterocycles. The van der Waals surface area contributed by atoms with Gasteiger partial charge in [0.15, 0.2) is 0 Å². The number of halogens is 1. The summed E-state index contributed by atoms with van der Waals surface area (Å²) in [5, 5.41) is 1.07. The zero-order chi connectivity index (χ0) is 11.3. The number of hydrogen-bond acceptors (Lipinski definition) is 0. The molecule has 0 bridgehead atoms. The van der Waals surface area contributed by atoms with Gasteiger partial charge in [0, 0.05) is 5.33 Å². The minimum atomic E-state index is 0.286.